The van der Waals surface area contributed by atoms with E-state index >= 15 is 0 Å². The first kappa shape index (κ1) is 13.5. The van der Waals surface area contributed by atoms with Gasteiger partial charge in [-0.05, 0) is 23.8 Å². The Bertz CT molecular complexity index is 448. The number of hydrogen-bond donors (Lipinski definition) is 2. The fourth-order valence-electron chi connectivity index (χ4n) is 1.61. The molecule has 0 spiro atoms. The molecule has 1 heterocycles. The highest BCUT2D eigenvalue weighted by atomic mass is 35.5. The maximum atomic E-state index is 11.3. The van der Waals surface area contributed by atoms with E-state index in [0.29, 0.717) is 12.1 Å². The van der Waals surface area contributed by atoms with Gasteiger partial charge in [0.2, 0.25) is 5.91 Å². The first-order valence-corrected chi connectivity index (χ1v) is 4.92. The minimum absolute atomic E-state index is 0. The average molecular weight is 257 g/mol. The lowest BCUT2D eigenvalue weighted by molar-refractivity contribution is -0.115. The Kier molecular flexibility index (Phi) is 4.48. The number of halogens is 1. The molecule has 0 saturated carbocycles. The van der Waals surface area contributed by atoms with E-state index in [1.165, 1.54) is 7.11 Å². The highest BCUT2D eigenvalue weighted by Gasteiger charge is 2.14. The molecular formula is C11H13ClN2O3. The van der Waals surface area contributed by atoms with E-state index in [9.17, 15) is 9.59 Å². The van der Waals surface area contributed by atoms with Crippen LogP contribution in [0.1, 0.15) is 15.9 Å². The second-order valence-electron chi connectivity index (χ2n) is 3.52. The fraction of sp³-hybridized carbons (Fsp3) is 0.273. The molecule has 0 fully saturated rings. The number of ether oxygens (including phenoxy) is 1. The molecule has 1 aromatic rings. The molecule has 0 saturated heterocycles. The third-order valence-electron chi connectivity index (χ3n) is 2.40. The second kappa shape index (κ2) is 5.65. The number of carbonyl (C=O) groups is 2. The molecule has 0 unspecified atom stereocenters. The van der Waals surface area contributed by atoms with Crippen molar-refractivity contribution in [3.8, 4) is 0 Å². The Balaban J connectivity index is 0.00000144. The zero-order valence-electron chi connectivity index (χ0n) is 9.28. The van der Waals surface area contributed by atoms with Gasteiger partial charge in [0.25, 0.3) is 0 Å². The lowest BCUT2D eigenvalue weighted by Gasteiger charge is -2.07. The largest absolute Gasteiger partial charge is 0.465 e. The zero-order valence-corrected chi connectivity index (χ0v) is 10.1. The summed E-state index contributed by atoms with van der Waals surface area (Å²) in [5.74, 6) is -0.456. The first-order chi connectivity index (χ1) is 7.70. The third-order valence-corrected chi connectivity index (χ3v) is 2.40. The summed E-state index contributed by atoms with van der Waals surface area (Å²) in [7, 11) is 1.34. The summed E-state index contributed by atoms with van der Waals surface area (Å²) in [5, 5.41) is 5.73. The van der Waals surface area contributed by atoms with Crippen LogP contribution in [0, 0.1) is 0 Å². The second-order valence-corrected chi connectivity index (χ2v) is 3.52. The molecule has 1 aromatic carbocycles. The number of methoxy groups -OCH3 is 1. The van der Waals surface area contributed by atoms with Crippen molar-refractivity contribution in [2.75, 3.05) is 19.0 Å². The number of nitrogens with one attached hydrogen (secondary N) is 2. The molecule has 5 nitrogen and oxygen atoms in total. The third kappa shape index (κ3) is 2.95. The number of amides is 1. The number of rotatable bonds is 1. The van der Waals surface area contributed by atoms with Gasteiger partial charge >= 0.3 is 5.97 Å². The van der Waals surface area contributed by atoms with Crippen LogP contribution >= 0.6 is 12.4 Å². The van der Waals surface area contributed by atoms with Crippen molar-refractivity contribution in [2.45, 2.75) is 6.54 Å². The molecule has 0 aromatic heterocycles. The van der Waals surface area contributed by atoms with Crippen LogP contribution in [0.3, 0.4) is 0 Å². The standard InChI is InChI=1S/C11H12N2O3.ClH/c1-16-11(15)7-2-3-9-8(4-7)5-12-6-10(14)13-9;/h2-4,12H,5-6H2,1H3,(H,13,14);1H. The number of esters is 1. The molecule has 0 atom stereocenters. The normalized spacial score (nSPS) is 13.8. The zero-order chi connectivity index (χ0) is 11.5. The topological polar surface area (TPSA) is 67.4 Å². The van der Waals surface area contributed by atoms with E-state index in [0.717, 1.165) is 11.3 Å². The lowest BCUT2D eigenvalue weighted by atomic mass is 10.1. The van der Waals surface area contributed by atoms with Gasteiger partial charge in [0.15, 0.2) is 0 Å². The highest BCUT2D eigenvalue weighted by Crippen LogP contribution is 2.19. The van der Waals surface area contributed by atoms with Crippen molar-refractivity contribution in [1.82, 2.24) is 5.32 Å². The minimum atomic E-state index is -0.377. The monoisotopic (exact) mass is 256 g/mol. The quantitative estimate of drug-likeness (QED) is 0.734. The van der Waals surface area contributed by atoms with Gasteiger partial charge in [-0.3, -0.25) is 4.79 Å². The van der Waals surface area contributed by atoms with E-state index in [1.807, 2.05) is 0 Å². The fourth-order valence-corrected chi connectivity index (χ4v) is 1.61. The van der Waals surface area contributed by atoms with Gasteiger partial charge < -0.3 is 15.4 Å². The first-order valence-electron chi connectivity index (χ1n) is 4.92. The molecule has 1 aliphatic heterocycles. The Morgan fingerprint density at radius 2 is 2.12 bits per heavy atom. The van der Waals surface area contributed by atoms with Crippen molar-refractivity contribution < 1.29 is 14.3 Å². The Morgan fingerprint density at radius 1 is 1.35 bits per heavy atom. The smallest absolute Gasteiger partial charge is 0.337 e. The predicted molar refractivity (Wildman–Crippen MR) is 65.4 cm³/mol. The molecule has 0 radical (unpaired) electrons. The summed E-state index contributed by atoms with van der Waals surface area (Å²) in [6, 6.07) is 5.07. The molecule has 0 aliphatic carbocycles. The van der Waals surface area contributed by atoms with Gasteiger partial charge in [-0.1, -0.05) is 0 Å². The van der Waals surface area contributed by atoms with Crippen LogP contribution < -0.4 is 10.6 Å². The molecule has 2 N–H and O–H groups in total. The lowest BCUT2D eigenvalue weighted by Crippen LogP contribution is -2.23. The van der Waals surface area contributed by atoms with E-state index < -0.39 is 0 Å². The predicted octanol–water partition coefficient (Wildman–Crippen LogP) is 0.937. The number of anilines is 1. The number of fused-ring (bicyclic) bond motifs is 1. The summed E-state index contributed by atoms with van der Waals surface area (Å²) in [6.45, 7) is 0.834. The maximum Gasteiger partial charge on any atom is 0.337 e. The summed E-state index contributed by atoms with van der Waals surface area (Å²) in [6.07, 6.45) is 0. The van der Waals surface area contributed by atoms with Crippen LogP contribution in [0.25, 0.3) is 0 Å². The molecule has 92 valence electrons. The van der Waals surface area contributed by atoms with Gasteiger partial charge in [0.05, 0.1) is 19.2 Å². The van der Waals surface area contributed by atoms with Crippen molar-refractivity contribution in [1.29, 1.82) is 0 Å². The van der Waals surface area contributed by atoms with Crippen LogP contribution in [-0.2, 0) is 16.1 Å². The summed E-state index contributed by atoms with van der Waals surface area (Å²) in [4.78, 5) is 22.6. The molecule has 1 amide bonds. The van der Waals surface area contributed by atoms with Gasteiger partial charge in [0.1, 0.15) is 0 Å². The molecule has 17 heavy (non-hydrogen) atoms. The van der Waals surface area contributed by atoms with E-state index in [1.54, 1.807) is 18.2 Å². The van der Waals surface area contributed by atoms with E-state index in [-0.39, 0.29) is 30.8 Å². The van der Waals surface area contributed by atoms with Gasteiger partial charge in [0, 0.05) is 12.2 Å². The van der Waals surface area contributed by atoms with Crippen molar-refractivity contribution in [3.63, 3.8) is 0 Å². The van der Waals surface area contributed by atoms with Crippen LogP contribution in [0.4, 0.5) is 5.69 Å². The summed E-state index contributed by atoms with van der Waals surface area (Å²) in [5.41, 5.74) is 2.11. The van der Waals surface area contributed by atoms with Gasteiger partial charge in [-0.25, -0.2) is 4.79 Å². The maximum absolute atomic E-state index is 11.3. The molecular weight excluding hydrogens is 244 g/mol. The number of benzene rings is 1. The van der Waals surface area contributed by atoms with Crippen LogP contribution in [0.5, 0.6) is 0 Å². The van der Waals surface area contributed by atoms with Crippen molar-refractivity contribution in [2.24, 2.45) is 0 Å². The number of carbonyl (C=O) groups excluding carboxylic acids is 2. The Hall–Kier alpha value is -1.59. The molecule has 0 bridgehead atoms. The minimum Gasteiger partial charge on any atom is -0.465 e. The Labute approximate surface area is 105 Å². The summed E-state index contributed by atoms with van der Waals surface area (Å²) >= 11 is 0. The van der Waals surface area contributed by atoms with E-state index in [2.05, 4.69) is 15.4 Å². The summed E-state index contributed by atoms with van der Waals surface area (Å²) < 4.78 is 4.63. The van der Waals surface area contributed by atoms with Gasteiger partial charge in [-0.15, -0.1) is 12.4 Å². The SMILES string of the molecule is COC(=O)c1ccc2c(c1)CNCC(=O)N2.Cl. The Morgan fingerprint density at radius 3 is 2.82 bits per heavy atom. The van der Waals surface area contributed by atoms with Crippen molar-refractivity contribution >= 4 is 30.0 Å². The molecule has 1 aliphatic rings. The van der Waals surface area contributed by atoms with Crippen LogP contribution in [0.15, 0.2) is 18.2 Å². The van der Waals surface area contributed by atoms with E-state index in [4.69, 9.17) is 0 Å². The van der Waals surface area contributed by atoms with Crippen LogP contribution in [0.2, 0.25) is 0 Å². The van der Waals surface area contributed by atoms with Crippen LogP contribution in [-0.4, -0.2) is 25.5 Å². The molecule has 6 heteroatoms. The van der Waals surface area contributed by atoms with Gasteiger partial charge in [-0.2, -0.15) is 0 Å². The average Bonchev–Trinajstić information content (AvgIpc) is 2.47. The number of hydrogen-bond acceptors (Lipinski definition) is 4. The molecule has 2 rings (SSSR count). The van der Waals surface area contributed by atoms with Crippen molar-refractivity contribution in [3.05, 3.63) is 29.3 Å². The highest BCUT2D eigenvalue weighted by molar-refractivity contribution is 5.95.